The SMILES string of the molecule is CCC(N)CCNC(=O)c1ccnnc1. The van der Waals surface area contributed by atoms with Crippen LogP contribution in [0.4, 0.5) is 0 Å². The highest BCUT2D eigenvalue weighted by Crippen LogP contribution is 1.95. The lowest BCUT2D eigenvalue weighted by Gasteiger charge is -2.09. The van der Waals surface area contributed by atoms with Gasteiger partial charge in [-0.2, -0.15) is 10.2 Å². The molecule has 0 aliphatic carbocycles. The summed E-state index contributed by atoms with van der Waals surface area (Å²) in [6.07, 6.45) is 4.65. The van der Waals surface area contributed by atoms with Crippen molar-refractivity contribution in [1.82, 2.24) is 15.5 Å². The molecule has 1 rings (SSSR count). The summed E-state index contributed by atoms with van der Waals surface area (Å²) in [7, 11) is 0. The first-order chi connectivity index (χ1) is 7.24. The molecule has 0 aliphatic heterocycles. The third kappa shape index (κ3) is 4.03. The predicted octanol–water partition coefficient (Wildman–Crippen LogP) is 0.334. The van der Waals surface area contributed by atoms with Gasteiger partial charge in [0.2, 0.25) is 0 Å². The lowest BCUT2D eigenvalue weighted by Crippen LogP contribution is -2.30. The van der Waals surface area contributed by atoms with Crippen molar-refractivity contribution in [2.24, 2.45) is 5.73 Å². The van der Waals surface area contributed by atoms with Crippen LogP contribution in [0.5, 0.6) is 0 Å². The van der Waals surface area contributed by atoms with Crippen molar-refractivity contribution in [3.63, 3.8) is 0 Å². The number of hydrogen-bond donors (Lipinski definition) is 2. The van der Waals surface area contributed by atoms with Gasteiger partial charge in [0.1, 0.15) is 0 Å². The van der Waals surface area contributed by atoms with E-state index in [9.17, 15) is 4.79 Å². The molecule has 0 saturated carbocycles. The number of nitrogens with one attached hydrogen (secondary N) is 1. The van der Waals surface area contributed by atoms with E-state index in [1.54, 1.807) is 6.07 Å². The lowest BCUT2D eigenvalue weighted by molar-refractivity contribution is 0.0952. The molecule has 1 atom stereocenters. The second-order valence-electron chi connectivity index (χ2n) is 3.34. The highest BCUT2D eigenvalue weighted by atomic mass is 16.1. The minimum Gasteiger partial charge on any atom is -0.352 e. The number of carbonyl (C=O) groups excluding carboxylic acids is 1. The molecule has 0 aromatic carbocycles. The van der Waals surface area contributed by atoms with E-state index in [1.807, 2.05) is 6.92 Å². The summed E-state index contributed by atoms with van der Waals surface area (Å²) in [5, 5.41) is 10.0. The van der Waals surface area contributed by atoms with Crippen molar-refractivity contribution in [3.8, 4) is 0 Å². The van der Waals surface area contributed by atoms with Crippen LogP contribution >= 0.6 is 0 Å². The Labute approximate surface area is 89.1 Å². The Hall–Kier alpha value is -1.49. The third-order valence-electron chi connectivity index (χ3n) is 2.17. The number of carbonyl (C=O) groups is 1. The van der Waals surface area contributed by atoms with Crippen LogP contribution in [0, 0.1) is 0 Å². The van der Waals surface area contributed by atoms with E-state index in [1.165, 1.54) is 12.4 Å². The zero-order valence-electron chi connectivity index (χ0n) is 8.81. The van der Waals surface area contributed by atoms with Crippen molar-refractivity contribution in [2.75, 3.05) is 6.54 Å². The molecule has 0 saturated heterocycles. The van der Waals surface area contributed by atoms with Gasteiger partial charge in [0.25, 0.3) is 5.91 Å². The van der Waals surface area contributed by atoms with Gasteiger partial charge in [-0.3, -0.25) is 4.79 Å². The summed E-state index contributed by atoms with van der Waals surface area (Å²) in [5.74, 6) is -0.131. The molecule has 5 heteroatoms. The van der Waals surface area contributed by atoms with Crippen LogP contribution in [0.1, 0.15) is 30.1 Å². The van der Waals surface area contributed by atoms with Gasteiger partial charge in [-0.15, -0.1) is 0 Å². The summed E-state index contributed by atoms with van der Waals surface area (Å²) in [6, 6.07) is 1.78. The average molecular weight is 208 g/mol. The first kappa shape index (κ1) is 11.6. The van der Waals surface area contributed by atoms with Gasteiger partial charge in [-0.05, 0) is 18.9 Å². The summed E-state index contributed by atoms with van der Waals surface area (Å²) >= 11 is 0. The van der Waals surface area contributed by atoms with Gasteiger partial charge in [-0.1, -0.05) is 6.92 Å². The highest BCUT2D eigenvalue weighted by molar-refractivity contribution is 5.93. The van der Waals surface area contributed by atoms with Crippen molar-refractivity contribution in [3.05, 3.63) is 24.0 Å². The Morgan fingerprint density at radius 1 is 1.60 bits per heavy atom. The number of nitrogens with zero attached hydrogens (tertiary/aromatic N) is 2. The molecule has 0 spiro atoms. The van der Waals surface area contributed by atoms with Gasteiger partial charge in [-0.25, -0.2) is 0 Å². The zero-order valence-corrected chi connectivity index (χ0v) is 8.81. The van der Waals surface area contributed by atoms with Crippen LogP contribution in [0.3, 0.4) is 0 Å². The van der Waals surface area contributed by atoms with Crippen molar-refractivity contribution < 1.29 is 4.79 Å². The van der Waals surface area contributed by atoms with E-state index < -0.39 is 0 Å². The van der Waals surface area contributed by atoms with E-state index in [4.69, 9.17) is 5.73 Å². The molecule has 1 unspecified atom stereocenters. The highest BCUT2D eigenvalue weighted by Gasteiger charge is 2.05. The second kappa shape index (κ2) is 6.08. The smallest absolute Gasteiger partial charge is 0.252 e. The minimum absolute atomic E-state index is 0.131. The Balaban J connectivity index is 2.31. The third-order valence-corrected chi connectivity index (χ3v) is 2.17. The van der Waals surface area contributed by atoms with Gasteiger partial charge < -0.3 is 11.1 Å². The predicted molar refractivity (Wildman–Crippen MR) is 57.2 cm³/mol. The molecular weight excluding hydrogens is 192 g/mol. The topological polar surface area (TPSA) is 80.9 Å². The fourth-order valence-corrected chi connectivity index (χ4v) is 1.10. The Kier molecular flexibility index (Phi) is 4.70. The van der Waals surface area contributed by atoms with E-state index >= 15 is 0 Å². The summed E-state index contributed by atoms with van der Waals surface area (Å²) in [6.45, 7) is 2.62. The summed E-state index contributed by atoms with van der Waals surface area (Å²) < 4.78 is 0. The summed E-state index contributed by atoms with van der Waals surface area (Å²) in [4.78, 5) is 11.5. The molecule has 3 N–H and O–H groups in total. The monoisotopic (exact) mass is 208 g/mol. The molecule has 0 aliphatic rings. The van der Waals surface area contributed by atoms with Crippen LogP contribution in [0.2, 0.25) is 0 Å². The van der Waals surface area contributed by atoms with Gasteiger partial charge in [0.15, 0.2) is 0 Å². The normalized spacial score (nSPS) is 12.1. The van der Waals surface area contributed by atoms with E-state index in [0.717, 1.165) is 12.8 Å². The second-order valence-corrected chi connectivity index (χ2v) is 3.34. The molecule has 0 radical (unpaired) electrons. The molecular formula is C10H16N4O. The molecule has 1 amide bonds. The Morgan fingerprint density at radius 3 is 3.00 bits per heavy atom. The first-order valence-electron chi connectivity index (χ1n) is 5.04. The van der Waals surface area contributed by atoms with Crippen LogP contribution in [0.25, 0.3) is 0 Å². The molecule has 5 nitrogen and oxygen atoms in total. The number of aromatic nitrogens is 2. The van der Waals surface area contributed by atoms with Gasteiger partial charge >= 0.3 is 0 Å². The van der Waals surface area contributed by atoms with Crippen LogP contribution in [0.15, 0.2) is 18.5 Å². The fourth-order valence-electron chi connectivity index (χ4n) is 1.10. The maximum Gasteiger partial charge on any atom is 0.252 e. The first-order valence-corrected chi connectivity index (χ1v) is 5.04. The lowest BCUT2D eigenvalue weighted by atomic mass is 10.2. The van der Waals surface area contributed by atoms with E-state index in [2.05, 4.69) is 15.5 Å². The van der Waals surface area contributed by atoms with Crippen LogP contribution in [-0.2, 0) is 0 Å². The van der Waals surface area contributed by atoms with Gasteiger partial charge in [0.05, 0.1) is 18.0 Å². The fraction of sp³-hybridized carbons (Fsp3) is 0.500. The largest absolute Gasteiger partial charge is 0.352 e. The van der Waals surface area contributed by atoms with E-state index in [0.29, 0.717) is 12.1 Å². The maximum atomic E-state index is 11.5. The van der Waals surface area contributed by atoms with Crippen molar-refractivity contribution >= 4 is 5.91 Å². The molecule has 82 valence electrons. The molecule has 1 aromatic heterocycles. The molecule has 1 heterocycles. The molecule has 0 fully saturated rings. The van der Waals surface area contributed by atoms with Crippen LogP contribution < -0.4 is 11.1 Å². The molecule has 15 heavy (non-hydrogen) atoms. The summed E-state index contributed by atoms with van der Waals surface area (Å²) in [5.41, 5.74) is 6.25. The van der Waals surface area contributed by atoms with Crippen molar-refractivity contribution in [2.45, 2.75) is 25.8 Å². The van der Waals surface area contributed by atoms with Crippen molar-refractivity contribution in [1.29, 1.82) is 0 Å². The average Bonchev–Trinajstić information content (AvgIpc) is 2.29. The number of hydrogen-bond acceptors (Lipinski definition) is 4. The quantitative estimate of drug-likeness (QED) is 0.730. The zero-order chi connectivity index (χ0) is 11.1. The minimum atomic E-state index is -0.131. The number of rotatable bonds is 5. The number of amides is 1. The number of nitrogens with two attached hydrogens (primary N) is 1. The van der Waals surface area contributed by atoms with Gasteiger partial charge in [0, 0.05) is 12.6 Å². The molecule has 1 aromatic rings. The standard InChI is InChI=1S/C10H16N4O/c1-2-9(11)4-5-12-10(15)8-3-6-13-14-7-8/h3,6-7,9H,2,4-5,11H2,1H3,(H,12,15). The maximum absolute atomic E-state index is 11.5. The Bertz CT molecular complexity index is 302. The molecule has 0 bridgehead atoms. The Morgan fingerprint density at radius 2 is 2.40 bits per heavy atom. The van der Waals surface area contributed by atoms with Crippen LogP contribution in [-0.4, -0.2) is 28.7 Å². The van der Waals surface area contributed by atoms with E-state index in [-0.39, 0.29) is 11.9 Å².